The summed E-state index contributed by atoms with van der Waals surface area (Å²) in [5, 5.41) is 2.99. The van der Waals surface area contributed by atoms with E-state index in [-0.39, 0.29) is 5.91 Å². The highest BCUT2D eigenvalue weighted by atomic mass is 79.9. The molecule has 2 aromatic rings. The maximum Gasteiger partial charge on any atom is 0.255 e. The van der Waals surface area contributed by atoms with Crippen LogP contribution in [0.3, 0.4) is 0 Å². The molecule has 1 N–H and O–H groups in total. The summed E-state index contributed by atoms with van der Waals surface area (Å²) >= 11 is 3.40. The predicted molar refractivity (Wildman–Crippen MR) is 105 cm³/mol. The molecule has 3 rings (SSSR count). The molecular weight excluding hydrogens is 378 g/mol. The highest BCUT2D eigenvalue weighted by Gasteiger charge is 2.25. The van der Waals surface area contributed by atoms with Gasteiger partial charge in [-0.25, -0.2) is 0 Å². The van der Waals surface area contributed by atoms with E-state index in [1.165, 1.54) is 12.0 Å². The fraction of sp³-hybridized carbons (Fsp3) is 0.381. The Hall–Kier alpha value is -1.65. The van der Waals surface area contributed by atoms with Gasteiger partial charge in [-0.15, -0.1) is 0 Å². The van der Waals surface area contributed by atoms with Gasteiger partial charge < -0.3 is 10.1 Å². The molecule has 1 aliphatic heterocycles. The average Bonchev–Trinajstić information content (AvgIpc) is 2.58. The van der Waals surface area contributed by atoms with E-state index in [1.54, 1.807) is 0 Å². The maximum atomic E-state index is 12.4. The Balaban J connectivity index is 1.64. The Kier molecular flexibility index (Phi) is 5.92. The first-order valence-corrected chi connectivity index (χ1v) is 9.58. The minimum Gasteiger partial charge on any atom is -0.378 e. The molecular formula is C21H24BrNO2. The molecule has 1 saturated heterocycles. The third kappa shape index (κ3) is 4.93. The lowest BCUT2D eigenvalue weighted by molar-refractivity contribution is -0.0397. The molecule has 1 fully saturated rings. The van der Waals surface area contributed by atoms with Crippen LogP contribution < -0.4 is 5.32 Å². The molecule has 3 atom stereocenters. The van der Waals surface area contributed by atoms with Crippen LogP contribution in [0.5, 0.6) is 0 Å². The third-order valence-corrected chi connectivity index (χ3v) is 5.39. The maximum absolute atomic E-state index is 12.4. The molecule has 0 saturated carbocycles. The van der Waals surface area contributed by atoms with Crippen molar-refractivity contribution in [1.82, 2.24) is 0 Å². The first-order valence-electron chi connectivity index (χ1n) is 8.78. The van der Waals surface area contributed by atoms with Crippen LogP contribution in [0, 0.1) is 11.8 Å². The Bertz CT molecular complexity index is 746. The summed E-state index contributed by atoms with van der Waals surface area (Å²) in [5.74, 6) is 1.04. The SMILES string of the molecule is CC1CC(Cc2cccc(NC(=O)c3cccc(Br)c3)c2)COC1C. The molecule has 0 aliphatic carbocycles. The van der Waals surface area contributed by atoms with Gasteiger partial charge in [0.05, 0.1) is 12.7 Å². The van der Waals surface area contributed by atoms with Gasteiger partial charge in [-0.1, -0.05) is 41.1 Å². The number of ether oxygens (including phenoxy) is 1. The largest absolute Gasteiger partial charge is 0.378 e. The number of carbonyl (C=O) groups excluding carboxylic acids is 1. The van der Waals surface area contributed by atoms with Crippen LogP contribution in [0.2, 0.25) is 0 Å². The molecule has 3 nitrogen and oxygen atoms in total. The Morgan fingerprint density at radius 1 is 1.20 bits per heavy atom. The average molecular weight is 402 g/mol. The van der Waals surface area contributed by atoms with Crippen molar-refractivity contribution in [2.24, 2.45) is 11.8 Å². The molecule has 0 aromatic heterocycles. The standard InChI is InChI=1S/C21H24BrNO2/c1-14-9-17(13-25-15(14)2)10-16-5-3-8-20(11-16)23-21(24)18-6-4-7-19(22)12-18/h3-8,11-12,14-15,17H,9-10,13H2,1-2H3,(H,23,24). The number of carbonyl (C=O) groups is 1. The summed E-state index contributed by atoms with van der Waals surface area (Å²) in [5.41, 5.74) is 2.71. The van der Waals surface area contributed by atoms with Gasteiger partial charge in [-0.2, -0.15) is 0 Å². The van der Waals surface area contributed by atoms with E-state index in [0.29, 0.717) is 23.5 Å². The summed E-state index contributed by atoms with van der Waals surface area (Å²) < 4.78 is 6.76. The second-order valence-electron chi connectivity index (χ2n) is 6.99. The van der Waals surface area contributed by atoms with Crippen molar-refractivity contribution in [3.05, 3.63) is 64.1 Å². The van der Waals surface area contributed by atoms with E-state index in [4.69, 9.17) is 4.74 Å². The first kappa shape index (κ1) is 18.2. The van der Waals surface area contributed by atoms with Crippen LogP contribution in [0.15, 0.2) is 53.0 Å². The van der Waals surface area contributed by atoms with Crippen LogP contribution in [0.25, 0.3) is 0 Å². The molecule has 132 valence electrons. The summed E-state index contributed by atoms with van der Waals surface area (Å²) in [4.78, 5) is 12.4. The summed E-state index contributed by atoms with van der Waals surface area (Å²) in [6.07, 6.45) is 2.53. The quantitative estimate of drug-likeness (QED) is 0.753. The Labute approximate surface area is 157 Å². The van der Waals surface area contributed by atoms with Gasteiger partial charge >= 0.3 is 0 Å². The second-order valence-corrected chi connectivity index (χ2v) is 7.90. The van der Waals surface area contributed by atoms with Gasteiger partial charge in [0.25, 0.3) is 5.91 Å². The van der Waals surface area contributed by atoms with E-state index >= 15 is 0 Å². The van der Waals surface area contributed by atoms with Gasteiger partial charge in [-0.3, -0.25) is 4.79 Å². The van der Waals surface area contributed by atoms with Crippen molar-refractivity contribution in [3.63, 3.8) is 0 Å². The van der Waals surface area contributed by atoms with Gasteiger partial charge in [0.1, 0.15) is 0 Å². The zero-order valence-corrected chi connectivity index (χ0v) is 16.3. The van der Waals surface area contributed by atoms with Crippen LogP contribution in [-0.2, 0) is 11.2 Å². The minimum atomic E-state index is -0.0955. The summed E-state index contributed by atoms with van der Waals surface area (Å²) in [6, 6.07) is 15.5. The zero-order chi connectivity index (χ0) is 17.8. The van der Waals surface area contributed by atoms with E-state index in [0.717, 1.165) is 23.2 Å². The molecule has 1 heterocycles. The third-order valence-electron chi connectivity index (χ3n) is 4.90. The lowest BCUT2D eigenvalue weighted by Gasteiger charge is -2.32. The fourth-order valence-corrected chi connectivity index (χ4v) is 3.72. The highest BCUT2D eigenvalue weighted by Crippen LogP contribution is 2.27. The number of benzene rings is 2. The van der Waals surface area contributed by atoms with Gasteiger partial charge in [0.2, 0.25) is 0 Å². The second kappa shape index (κ2) is 8.15. The summed E-state index contributed by atoms with van der Waals surface area (Å²) in [7, 11) is 0. The number of rotatable bonds is 4. The van der Waals surface area contributed by atoms with Crippen molar-refractivity contribution in [3.8, 4) is 0 Å². The van der Waals surface area contributed by atoms with Gasteiger partial charge in [0, 0.05) is 15.7 Å². The number of halogens is 1. The van der Waals surface area contributed by atoms with Crippen molar-refractivity contribution in [2.75, 3.05) is 11.9 Å². The number of hydrogen-bond donors (Lipinski definition) is 1. The van der Waals surface area contributed by atoms with Gasteiger partial charge in [0.15, 0.2) is 0 Å². The lowest BCUT2D eigenvalue weighted by Crippen LogP contribution is -2.31. The van der Waals surface area contributed by atoms with Crippen LogP contribution in [0.1, 0.15) is 36.2 Å². The van der Waals surface area contributed by atoms with E-state index in [2.05, 4.69) is 47.2 Å². The minimum absolute atomic E-state index is 0.0955. The molecule has 0 radical (unpaired) electrons. The Morgan fingerprint density at radius 3 is 2.76 bits per heavy atom. The number of anilines is 1. The Morgan fingerprint density at radius 2 is 2.00 bits per heavy atom. The number of amides is 1. The van der Waals surface area contributed by atoms with E-state index in [9.17, 15) is 4.79 Å². The molecule has 1 aliphatic rings. The topological polar surface area (TPSA) is 38.3 Å². The van der Waals surface area contributed by atoms with Crippen LogP contribution in [-0.4, -0.2) is 18.6 Å². The highest BCUT2D eigenvalue weighted by molar-refractivity contribution is 9.10. The number of hydrogen-bond acceptors (Lipinski definition) is 2. The summed E-state index contributed by atoms with van der Waals surface area (Å²) in [6.45, 7) is 5.23. The van der Waals surface area contributed by atoms with E-state index in [1.807, 2.05) is 36.4 Å². The molecule has 4 heteroatoms. The molecule has 1 amide bonds. The van der Waals surface area contributed by atoms with Crippen molar-refractivity contribution in [1.29, 1.82) is 0 Å². The lowest BCUT2D eigenvalue weighted by atomic mass is 9.86. The number of nitrogens with one attached hydrogen (secondary N) is 1. The smallest absolute Gasteiger partial charge is 0.255 e. The normalized spacial score (nSPS) is 23.2. The fourth-order valence-electron chi connectivity index (χ4n) is 3.32. The zero-order valence-electron chi connectivity index (χ0n) is 14.7. The molecule has 3 unspecified atom stereocenters. The van der Waals surface area contributed by atoms with Crippen molar-refractivity contribution < 1.29 is 9.53 Å². The first-order chi connectivity index (χ1) is 12.0. The molecule has 0 spiro atoms. The van der Waals surface area contributed by atoms with E-state index < -0.39 is 0 Å². The van der Waals surface area contributed by atoms with Crippen LogP contribution >= 0.6 is 15.9 Å². The van der Waals surface area contributed by atoms with Crippen molar-refractivity contribution >= 4 is 27.5 Å². The predicted octanol–water partition coefficient (Wildman–Crippen LogP) is 5.31. The molecule has 25 heavy (non-hydrogen) atoms. The van der Waals surface area contributed by atoms with Gasteiger partial charge in [-0.05, 0) is 67.5 Å². The van der Waals surface area contributed by atoms with Crippen LogP contribution in [0.4, 0.5) is 5.69 Å². The van der Waals surface area contributed by atoms with Crippen molar-refractivity contribution in [2.45, 2.75) is 32.8 Å². The monoisotopic (exact) mass is 401 g/mol. The molecule has 0 bridgehead atoms. The molecule has 2 aromatic carbocycles.